The number of carbonyl (C=O) groups is 1. The number of hydrogen-bond donors (Lipinski definition) is 1. The number of rotatable bonds is 4. The van der Waals surface area contributed by atoms with Crippen molar-refractivity contribution in [1.82, 2.24) is 20.0 Å². The maximum absolute atomic E-state index is 13.2. The highest BCUT2D eigenvalue weighted by Gasteiger charge is 2.71. The molecule has 0 aromatic carbocycles. The molecule has 1 saturated heterocycles. The number of fused-ring (bicyclic) bond motifs is 1. The molecule has 2 fully saturated rings. The summed E-state index contributed by atoms with van der Waals surface area (Å²) in [7, 11) is 0. The first-order chi connectivity index (χ1) is 11.4. The van der Waals surface area contributed by atoms with Gasteiger partial charge in [0.15, 0.2) is 5.69 Å². The Morgan fingerprint density at radius 3 is 2.67 bits per heavy atom. The summed E-state index contributed by atoms with van der Waals surface area (Å²) >= 11 is 6.17. The average Bonchev–Trinajstić information content (AvgIpc) is 3.00. The fourth-order valence-corrected chi connectivity index (χ4v) is 3.30. The zero-order chi connectivity index (χ0) is 17.1. The summed E-state index contributed by atoms with van der Waals surface area (Å²) in [5.74, 6) is -4.29. The van der Waals surface area contributed by atoms with Gasteiger partial charge in [0, 0.05) is 18.7 Å². The van der Waals surface area contributed by atoms with E-state index in [4.69, 9.17) is 16.7 Å². The maximum atomic E-state index is 13.2. The van der Waals surface area contributed by atoms with Crippen LogP contribution in [0.2, 0.25) is 5.15 Å². The number of aromatic carboxylic acids is 1. The maximum Gasteiger partial charge on any atom is 0.358 e. The number of piperidine rings is 1. The average molecular weight is 356 g/mol. The van der Waals surface area contributed by atoms with Crippen LogP contribution in [0.3, 0.4) is 0 Å². The van der Waals surface area contributed by atoms with Crippen molar-refractivity contribution >= 4 is 23.4 Å². The largest absolute Gasteiger partial charge is 0.476 e. The highest BCUT2D eigenvalue weighted by atomic mass is 35.5. The number of hydrogen-bond acceptors (Lipinski definition) is 5. The molecule has 0 radical (unpaired) electrons. The zero-order valence-corrected chi connectivity index (χ0v) is 13.0. The quantitative estimate of drug-likeness (QED) is 0.841. The number of anilines is 1. The monoisotopic (exact) mass is 355 g/mol. The summed E-state index contributed by atoms with van der Waals surface area (Å²) in [6.45, 7) is 0.784. The highest BCUT2D eigenvalue weighted by Crippen LogP contribution is 2.59. The Kier molecular flexibility index (Phi) is 3.24. The lowest BCUT2D eigenvalue weighted by atomic mass is 10.2. The SMILES string of the molecule is O=C(O)c1cn(Cc2ccc(N3CC4C(C3)C4(F)F)nc2Cl)nn1. The molecule has 3 heterocycles. The summed E-state index contributed by atoms with van der Waals surface area (Å²) < 4.78 is 27.8. The second-order valence-corrected chi connectivity index (χ2v) is 6.38. The number of aromatic nitrogens is 4. The summed E-state index contributed by atoms with van der Waals surface area (Å²) in [6.07, 6.45) is 1.29. The minimum absolute atomic E-state index is 0.159. The number of halogens is 3. The van der Waals surface area contributed by atoms with Crippen molar-refractivity contribution in [3.05, 3.63) is 34.7 Å². The Bertz CT molecular complexity index is 813. The Balaban J connectivity index is 1.47. The minimum Gasteiger partial charge on any atom is -0.476 e. The number of carboxylic acids is 1. The fraction of sp³-hybridized carbons (Fsp3) is 0.429. The molecule has 2 unspecified atom stereocenters. The molecule has 7 nitrogen and oxygen atoms in total. The van der Waals surface area contributed by atoms with E-state index in [1.165, 1.54) is 10.9 Å². The smallest absolute Gasteiger partial charge is 0.358 e. The minimum atomic E-state index is -2.53. The predicted octanol–water partition coefficient (Wildman–Crippen LogP) is 1.77. The normalized spacial score (nSPS) is 24.0. The molecule has 2 atom stereocenters. The lowest BCUT2D eigenvalue weighted by Gasteiger charge is -2.21. The number of alkyl halides is 2. The van der Waals surface area contributed by atoms with E-state index in [1.54, 1.807) is 17.0 Å². The van der Waals surface area contributed by atoms with Gasteiger partial charge in [0.1, 0.15) is 11.0 Å². The molecule has 2 aromatic rings. The van der Waals surface area contributed by atoms with Crippen LogP contribution in [-0.4, -0.2) is 50.1 Å². The molecular weight excluding hydrogens is 344 g/mol. The third kappa shape index (κ3) is 2.39. The second-order valence-electron chi connectivity index (χ2n) is 6.02. The first kappa shape index (κ1) is 15.3. The van der Waals surface area contributed by atoms with Gasteiger partial charge < -0.3 is 10.0 Å². The lowest BCUT2D eigenvalue weighted by molar-refractivity contribution is 0.0689. The van der Waals surface area contributed by atoms with E-state index in [1.807, 2.05) is 0 Å². The summed E-state index contributed by atoms with van der Waals surface area (Å²) in [6, 6.07) is 3.45. The molecule has 24 heavy (non-hydrogen) atoms. The predicted molar refractivity (Wildman–Crippen MR) is 79.5 cm³/mol. The van der Waals surface area contributed by atoms with Crippen LogP contribution >= 0.6 is 11.6 Å². The third-order valence-electron chi connectivity index (χ3n) is 4.52. The Labute approximate surface area is 139 Å². The van der Waals surface area contributed by atoms with Crippen LogP contribution in [0.15, 0.2) is 18.3 Å². The van der Waals surface area contributed by atoms with Crippen LogP contribution < -0.4 is 4.90 Å². The molecular formula is C14H12ClF2N5O2. The van der Waals surface area contributed by atoms with Crippen LogP contribution in [0.25, 0.3) is 0 Å². The molecule has 10 heteroatoms. The molecule has 1 saturated carbocycles. The van der Waals surface area contributed by atoms with Crippen molar-refractivity contribution in [3.8, 4) is 0 Å². The van der Waals surface area contributed by atoms with E-state index in [2.05, 4.69) is 15.3 Å². The molecule has 1 aliphatic heterocycles. The van der Waals surface area contributed by atoms with E-state index in [-0.39, 0.29) is 30.5 Å². The Morgan fingerprint density at radius 2 is 2.08 bits per heavy atom. The van der Waals surface area contributed by atoms with Crippen molar-refractivity contribution in [3.63, 3.8) is 0 Å². The first-order valence-corrected chi connectivity index (χ1v) is 7.65. The van der Waals surface area contributed by atoms with Gasteiger partial charge in [-0.3, -0.25) is 0 Å². The van der Waals surface area contributed by atoms with Crippen molar-refractivity contribution in [1.29, 1.82) is 0 Å². The summed E-state index contributed by atoms with van der Waals surface area (Å²) in [5, 5.41) is 16.3. The molecule has 0 amide bonds. The van der Waals surface area contributed by atoms with Crippen LogP contribution in [0.5, 0.6) is 0 Å². The van der Waals surface area contributed by atoms with Gasteiger partial charge in [-0.05, 0) is 6.07 Å². The Hall–Kier alpha value is -2.29. The number of carboxylic acid groups (broad SMARTS) is 1. The standard InChI is InChI=1S/C14H12ClF2N5O2/c15-12-7(3-22-6-10(13(23)24)19-20-22)1-2-11(18-12)21-4-8-9(5-21)14(8,16)17/h1-2,6,8-9H,3-5H2,(H,23,24). The first-order valence-electron chi connectivity index (χ1n) is 7.28. The second kappa shape index (κ2) is 5.10. The summed E-state index contributed by atoms with van der Waals surface area (Å²) in [4.78, 5) is 16.9. The number of pyridine rings is 1. The Morgan fingerprint density at radius 1 is 1.38 bits per heavy atom. The van der Waals surface area contributed by atoms with Gasteiger partial charge in [-0.1, -0.05) is 22.9 Å². The van der Waals surface area contributed by atoms with Crippen LogP contribution in [0.4, 0.5) is 14.6 Å². The van der Waals surface area contributed by atoms with Gasteiger partial charge in [0.2, 0.25) is 0 Å². The van der Waals surface area contributed by atoms with Gasteiger partial charge in [-0.2, -0.15) is 0 Å². The van der Waals surface area contributed by atoms with E-state index < -0.39 is 23.7 Å². The van der Waals surface area contributed by atoms with Gasteiger partial charge in [-0.25, -0.2) is 23.2 Å². The molecule has 1 N–H and O–H groups in total. The lowest BCUT2D eigenvalue weighted by Crippen LogP contribution is -2.28. The third-order valence-corrected chi connectivity index (χ3v) is 4.85. The van der Waals surface area contributed by atoms with E-state index >= 15 is 0 Å². The van der Waals surface area contributed by atoms with Gasteiger partial charge >= 0.3 is 5.97 Å². The fourth-order valence-electron chi connectivity index (χ4n) is 3.09. The molecule has 2 aromatic heterocycles. The van der Waals surface area contributed by atoms with Crippen LogP contribution in [-0.2, 0) is 6.54 Å². The van der Waals surface area contributed by atoms with Crippen molar-refractivity contribution < 1.29 is 18.7 Å². The number of nitrogens with zero attached hydrogens (tertiary/aromatic N) is 5. The van der Waals surface area contributed by atoms with Crippen molar-refractivity contribution in [2.24, 2.45) is 11.8 Å². The molecule has 1 aliphatic carbocycles. The molecule has 0 bridgehead atoms. The van der Waals surface area contributed by atoms with Crippen molar-refractivity contribution in [2.45, 2.75) is 12.5 Å². The van der Waals surface area contributed by atoms with Gasteiger partial charge in [0.25, 0.3) is 5.92 Å². The molecule has 4 rings (SSSR count). The summed E-state index contributed by atoms with van der Waals surface area (Å²) in [5.41, 5.74) is 0.477. The molecule has 0 spiro atoms. The van der Waals surface area contributed by atoms with Gasteiger partial charge in [0.05, 0.1) is 24.6 Å². The molecule has 126 valence electrons. The van der Waals surface area contributed by atoms with E-state index in [0.29, 0.717) is 11.4 Å². The van der Waals surface area contributed by atoms with Gasteiger partial charge in [-0.15, -0.1) is 5.10 Å². The van der Waals surface area contributed by atoms with Crippen LogP contribution in [0, 0.1) is 11.8 Å². The van der Waals surface area contributed by atoms with E-state index in [0.717, 1.165) is 0 Å². The van der Waals surface area contributed by atoms with Crippen LogP contribution in [0.1, 0.15) is 16.1 Å². The zero-order valence-electron chi connectivity index (χ0n) is 12.2. The van der Waals surface area contributed by atoms with Crippen molar-refractivity contribution in [2.75, 3.05) is 18.0 Å². The highest BCUT2D eigenvalue weighted by molar-refractivity contribution is 6.30. The topological polar surface area (TPSA) is 84.1 Å². The molecule has 2 aliphatic rings. The van der Waals surface area contributed by atoms with E-state index in [9.17, 15) is 13.6 Å².